The van der Waals surface area contributed by atoms with Crippen LogP contribution in [0.25, 0.3) is 0 Å². The number of hydrogen-bond donors (Lipinski definition) is 7. The number of rotatable bonds is 17. The van der Waals surface area contributed by atoms with E-state index in [-0.39, 0.29) is 18.8 Å². The molecular weight excluding hydrogens is 662 g/mol. The number of H-pyrrole nitrogens is 1. The molecule has 1 aromatic carbocycles. The molecule has 16 heteroatoms. The number of alkyl carbamates (subject to hydrolysis) is 1. The molecule has 1 aromatic heterocycles. The molecular formula is C35H49N7O9. The first-order valence-corrected chi connectivity index (χ1v) is 17.2. The van der Waals surface area contributed by atoms with E-state index in [0.29, 0.717) is 30.5 Å². The number of nitrogens with zero attached hydrogens (tertiary/aromatic N) is 1. The minimum atomic E-state index is -1.38. The molecule has 0 spiro atoms. The molecule has 1 aliphatic rings. The molecule has 1 saturated carbocycles. The van der Waals surface area contributed by atoms with Crippen LogP contribution < -0.4 is 26.6 Å². The Morgan fingerprint density at radius 3 is 2.18 bits per heavy atom. The Balaban J connectivity index is 1.71. The maximum atomic E-state index is 13.8. The van der Waals surface area contributed by atoms with Crippen molar-refractivity contribution in [3.8, 4) is 0 Å². The summed E-state index contributed by atoms with van der Waals surface area (Å²) in [6, 6.07) is 3.02. The number of ketones is 1. The number of carboxylic acid groups (broad SMARTS) is 1. The predicted octanol–water partition coefficient (Wildman–Crippen LogP) is 1.82. The average molecular weight is 712 g/mol. The number of amides is 5. The third-order valence-electron chi connectivity index (χ3n) is 8.21. The van der Waals surface area contributed by atoms with Gasteiger partial charge in [0.2, 0.25) is 23.5 Å². The van der Waals surface area contributed by atoms with Crippen LogP contribution in [0.4, 0.5) is 4.79 Å². The van der Waals surface area contributed by atoms with Crippen molar-refractivity contribution < 1.29 is 43.4 Å². The Morgan fingerprint density at radius 1 is 0.922 bits per heavy atom. The SMILES string of the molecule is CCCC(NC(=O)[C@H](Cc1c[nH]cn1)NC(=O)[C@@H](NC(=O)OC(C)(C)C)C1CCCCC1)C(=O)C(=O)NCC(=O)N[C@H](C(=O)O)c1ccccc1. The third-order valence-corrected chi connectivity index (χ3v) is 8.21. The van der Waals surface area contributed by atoms with E-state index in [1.54, 1.807) is 52.1 Å². The van der Waals surface area contributed by atoms with E-state index in [2.05, 4.69) is 36.6 Å². The highest BCUT2D eigenvalue weighted by Crippen LogP contribution is 2.27. The van der Waals surface area contributed by atoms with E-state index < -0.39 is 77.8 Å². The molecule has 2 aromatic rings. The van der Waals surface area contributed by atoms with Crippen molar-refractivity contribution in [1.82, 2.24) is 36.6 Å². The number of benzene rings is 1. The van der Waals surface area contributed by atoms with E-state index >= 15 is 0 Å². The van der Waals surface area contributed by atoms with Crippen molar-refractivity contribution in [2.24, 2.45) is 5.92 Å². The van der Waals surface area contributed by atoms with E-state index in [9.17, 15) is 38.7 Å². The lowest BCUT2D eigenvalue weighted by atomic mass is 9.83. The van der Waals surface area contributed by atoms with E-state index in [0.717, 1.165) is 19.3 Å². The lowest BCUT2D eigenvalue weighted by molar-refractivity contribution is -0.142. The van der Waals surface area contributed by atoms with Gasteiger partial charge in [-0.25, -0.2) is 14.6 Å². The molecule has 0 radical (unpaired) electrons. The van der Waals surface area contributed by atoms with Gasteiger partial charge in [-0.1, -0.05) is 62.9 Å². The minimum absolute atomic E-state index is 0.0628. The zero-order valence-corrected chi connectivity index (χ0v) is 29.5. The van der Waals surface area contributed by atoms with Crippen molar-refractivity contribution in [3.05, 3.63) is 54.1 Å². The number of hydrogen-bond acceptors (Lipinski definition) is 9. The number of Topliss-reactive ketones (excluding diaryl/α,β-unsaturated/α-hetero) is 1. The highest BCUT2D eigenvalue weighted by Gasteiger charge is 2.36. The van der Waals surface area contributed by atoms with Crippen LogP contribution in [0.1, 0.15) is 89.9 Å². The summed E-state index contributed by atoms with van der Waals surface area (Å²) >= 11 is 0. The van der Waals surface area contributed by atoms with Crippen LogP contribution in [-0.4, -0.2) is 86.8 Å². The quantitative estimate of drug-likeness (QED) is 0.118. The highest BCUT2D eigenvalue weighted by atomic mass is 16.6. The lowest BCUT2D eigenvalue weighted by Gasteiger charge is -2.32. The number of imidazole rings is 1. The normalized spacial score (nSPS) is 15.6. The fourth-order valence-corrected chi connectivity index (χ4v) is 5.76. The molecule has 1 heterocycles. The van der Waals surface area contributed by atoms with Crippen molar-refractivity contribution in [2.75, 3.05) is 6.54 Å². The van der Waals surface area contributed by atoms with Gasteiger partial charge in [0.25, 0.3) is 5.91 Å². The van der Waals surface area contributed by atoms with Gasteiger partial charge in [-0.2, -0.15) is 0 Å². The minimum Gasteiger partial charge on any atom is -0.479 e. The molecule has 0 bridgehead atoms. The molecule has 1 fully saturated rings. The number of carbonyl (C=O) groups excluding carboxylic acids is 6. The van der Waals surface area contributed by atoms with Gasteiger partial charge in [0.15, 0.2) is 6.04 Å². The number of ether oxygens (including phenoxy) is 1. The fourth-order valence-electron chi connectivity index (χ4n) is 5.76. The van der Waals surface area contributed by atoms with Gasteiger partial charge in [0.05, 0.1) is 24.6 Å². The maximum absolute atomic E-state index is 13.8. The largest absolute Gasteiger partial charge is 0.479 e. The third kappa shape index (κ3) is 13.2. The van der Waals surface area contributed by atoms with E-state index in [1.165, 1.54) is 18.5 Å². The smallest absolute Gasteiger partial charge is 0.408 e. The Hall–Kier alpha value is -5.28. The topological polar surface area (TPSA) is 238 Å². The molecule has 0 saturated heterocycles. The van der Waals surface area contributed by atoms with Crippen molar-refractivity contribution >= 4 is 41.5 Å². The second kappa shape index (κ2) is 19.2. The molecule has 51 heavy (non-hydrogen) atoms. The molecule has 3 rings (SSSR count). The lowest BCUT2D eigenvalue weighted by Crippen LogP contribution is -2.59. The number of nitrogens with one attached hydrogen (secondary N) is 6. The molecule has 0 aliphatic heterocycles. The van der Waals surface area contributed by atoms with Crippen LogP contribution >= 0.6 is 0 Å². The number of carbonyl (C=O) groups is 7. The Bertz CT molecular complexity index is 1500. The molecule has 278 valence electrons. The average Bonchev–Trinajstić information content (AvgIpc) is 3.60. The van der Waals surface area contributed by atoms with Gasteiger partial charge in [-0.05, 0) is 51.5 Å². The molecule has 4 atom stereocenters. The van der Waals surface area contributed by atoms with Crippen LogP contribution in [0, 0.1) is 5.92 Å². The summed E-state index contributed by atoms with van der Waals surface area (Å²) in [6.45, 7) is 6.16. The second-order valence-corrected chi connectivity index (χ2v) is 13.5. The maximum Gasteiger partial charge on any atom is 0.408 e. The van der Waals surface area contributed by atoms with Crippen molar-refractivity contribution in [1.29, 1.82) is 0 Å². The van der Waals surface area contributed by atoms with E-state index in [1.807, 2.05) is 0 Å². The monoisotopic (exact) mass is 711 g/mol. The summed E-state index contributed by atoms with van der Waals surface area (Å²) in [7, 11) is 0. The van der Waals surface area contributed by atoms with Gasteiger partial charge in [-0.3, -0.25) is 24.0 Å². The molecule has 7 N–H and O–H groups in total. The highest BCUT2D eigenvalue weighted by molar-refractivity contribution is 6.38. The first kappa shape index (κ1) is 40.2. The summed E-state index contributed by atoms with van der Waals surface area (Å²) in [5.74, 6) is -5.94. The van der Waals surface area contributed by atoms with Crippen LogP contribution in [0.5, 0.6) is 0 Å². The van der Waals surface area contributed by atoms with Crippen molar-refractivity contribution in [2.45, 2.75) is 109 Å². The Morgan fingerprint density at radius 2 is 1.59 bits per heavy atom. The summed E-state index contributed by atoms with van der Waals surface area (Å²) in [5, 5.41) is 22.1. The summed E-state index contributed by atoms with van der Waals surface area (Å²) in [5.41, 5.74) is -0.0595. The first-order chi connectivity index (χ1) is 24.2. The zero-order chi connectivity index (χ0) is 37.6. The Labute approximate surface area is 296 Å². The van der Waals surface area contributed by atoms with Crippen LogP contribution in [0.15, 0.2) is 42.9 Å². The van der Waals surface area contributed by atoms with Crippen LogP contribution in [0.2, 0.25) is 0 Å². The van der Waals surface area contributed by atoms with E-state index in [4.69, 9.17) is 4.74 Å². The molecule has 1 unspecified atom stereocenters. The standard InChI is InChI=1S/C35H49N7O9/c1-5-12-24(29(44)32(47)37-19-26(43)41-28(33(48)49)22-15-10-7-11-16-22)39-30(45)25(17-23-18-36-20-38-23)40-31(46)27(21-13-8-6-9-14-21)42-34(50)51-35(2,3)4/h7,10-11,15-16,18,20-21,24-25,27-28H,5-6,8-9,12-14,17,19H2,1-4H3,(H,36,38)(H,37,47)(H,39,45)(H,40,46)(H,41,43)(H,42,50)(H,48,49)/t24?,25-,27-,28-/m0/s1. The second-order valence-electron chi connectivity index (χ2n) is 13.5. The summed E-state index contributed by atoms with van der Waals surface area (Å²) in [4.78, 5) is 97.6. The number of aromatic amines is 1. The van der Waals surface area contributed by atoms with Gasteiger partial charge in [0.1, 0.15) is 17.7 Å². The van der Waals surface area contributed by atoms with Gasteiger partial charge in [0, 0.05) is 12.6 Å². The van der Waals surface area contributed by atoms with Gasteiger partial charge >= 0.3 is 12.1 Å². The molecule has 5 amide bonds. The Kier molecular flexibility index (Phi) is 15.1. The summed E-state index contributed by atoms with van der Waals surface area (Å²) < 4.78 is 5.41. The molecule has 16 nitrogen and oxygen atoms in total. The predicted molar refractivity (Wildman–Crippen MR) is 184 cm³/mol. The number of aliphatic carboxylic acids is 1. The van der Waals surface area contributed by atoms with Crippen LogP contribution in [0.3, 0.4) is 0 Å². The summed E-state index contributed by atoms with van der Waals surface area (Å²) in [6.07, 6.45) is 6.69. The number of aromatic nitrogens is 2. The zero-order valence-electron chi connectivity index (χ0n) is 29.5. The van der Waals surface area contributed by atoms with Gasteiger partial charge < -0.3 is 41.4 Å². The molecule has 1 aliphatic carbocycles. The van der Waals surface area contributed by atoms with Gasteiger partial charge in [-0.15, -0.1) is 0 Å². The van der Waals surface area contributed by atoms with Crippen molar-refractivity contribution in [3.63, 3.8) is 0 Å². The fraction of sp³-hybridized carbons (Fsp3) is 0.543. The first-order valence-electron chi connectivity index (χ1n) is 17.2. The number of carboxylic acids is 1. The van der Waals surface area contributed by atoms with Crippen LogP contribution in [-0.2, 0) is 39.9 Å².